The summed E-state index contributed by atoms with van der Waals surface area (Å²) >= 11 is 6.68. The average molecular weight is 954 g/mol. The van der Waals surface area contributed by atoms with Crippen molar-refractivity contribution in [1.29, 1.82) is 0 Å². The smallest absolute Gasteiger partial charge is 0.189 e. The van der Waals surface area contributed by atoms with Gasteiger partial charge in [-0.1, -0.05) is 69.2 Å². The Balaban J connectivity index is 0.000000437. The van der Waals surface area contributed by atoms with Crippen LogP contribution in [0.3, 0.4) is 0 Å². The predicted octanol–water partition coefficient (Wildman–Crippen LogP) is 9.25. The third-order valence-electron chi connectivity index (χ3n) is 11.2. The van der Waals surface area contributed by atoms with E-state index in [1.165, 1.54) is 23.5 Å². The predicted molar refractivity (Wildman–Crippen MR) is 260 cm³/mol. The lowest BCUT2D eigenvalue weighted by atomic mass is 9.79. The number of hydrogen-bond donors (Lipinski definition) is 4. The molecule has 0 spiro atoms. The van der Waals surface area contributed by atoms with Crippen LogP contribution in [0.15, 0.2) is 0 Å². The van der Waals surface area contributed by atoms with E-state index in [2.05, 4.69) is 114 Å². The van der Waals surface area contributed by atoms with Crippen molar-refractivity contribution in [3.05, 3.63) is 0 Å². The minimum atomic E-state index is -1.58. The molecule has 0 aromatic carbocycles. The first-order valence-corrected chi connectivity index (χ1v) is 35.9. The minimum Gasteiger partial charge on any atom is -0.415 e. The van der Waals surface area contributed by atoms with Gasteiger partial charge in [-0.25, -0.2) is 0 Å². The second-order valence-electron chi connectivity index (χ2n) is 19.1. The zero-order chi connectivity index (χ0) is 45.0. The van der Waals surface area contributed by atoms with Crippen molar-refractivity contribution in [2.24, 2.45) is 35.5 Å². The summed E-state index contributed by atoms with van der Waals surface area (Å²) in [6.07, 6.45) is -4.31. The fourth-order valence-electron chi connectivity index (χ4n) is 7.12. The molecule has 0 aliphatic carbocycles. The van der Waals surface area contributed by atoms with Crippen molar-refractivity contribution in [3.8, 4) is 0 Å². The van der Waals surface area contributed by atoms with Crippen molar-refractivity contribution in [2.45, 2.75) is 180 Å². The first-order valence-electron chi connectivity index (χ1n) is 21.8. The highest BCUT2D eigenvalue weighted by atomic mass is 32.2. The molecule has 17 heteroatoms. The maximum absolute atomic E-state index is 10.1. The largest absolute Gasteiger partial charge is 0.415 e. The summed E-state index contributed by atoms with van der Waals surface area (Å²) in [6, 6.07) is 0. The Bertz CT molecular complexity index is 1130. The Morgan fingerprint density at radius 3 is 1.34 bits per heavy atom. The van der Waals surface area contributed by atoms with Gasteiger partial charge in [0.1, 0.15) is 24.4 Å². The third kappa shape index (κ3) is 17.6. The van der Waals surface area contributed by atoms with E-state index in [0.29, 0.717) is 53.6 Å². The topological polar surface area (TPSA) is 136 Å². The molecule has 0 bridgehead atoms. The normalized spacial score (nSPS) is 35.3. The van der Waals surface area contributed by atoms with E-state index < -0.39 is 53.6 Å². The first kappa shape index (κ1) is 57.7. The maximum Gasteiger partial charge on any atom is 0.189 e. The van der Waals surface area contributed by atoms with Gasteiger partial charge >= 0.3 is 0 Å². The van der Waals surface area contributed by atoms with Gasteiger partial charge in [0.2, 0.25) is 0 Å². The molecule has 58 heavy (non-hydrogen) atoms. The zero-order valence-electron chi connectivity index (χ0n) is 39.8. The first-order chi connectivity index (χ1) is 26.6. The highest BCUT2D eigenvalue weighted by Gasteiger charge is 2.54. The molecule has 0 aromatic heterocycles. The van der Waals surface area contributed by atoms with Crippen molar-refractivity contribution < 1.29 is 47.9 Å². The highest BCUT2D eigenvalue weighted by Crippen LogP contribution is 2.54. The molecule has 3 fully saturated rings. The molecule has 13 atom stereocenters. The fourth-order valence-corrected chi connectivity index (χ4v) is 15.4. The lowest BCUT2D eigenvalue weighted by Gasteiger charge is -2.51. The van der Waals surface area contributed by atoms with Crippen LogP contribution in [-0.4, -0.2) is 140 Å². The summed E-state index contributed by atoms with van der Waals surface area (Å²) in [5.74, 6) is 6.93. The van der Waals surface area contributed by atoms with E-state index in [-0.39, 0.29) is 29.4 Å². The van der Waals surface area contributed by atoms with Gasteiger partial charge in [0.15, 0.2) is 39.8 Å². The quantitative estimate of drug-likeness (QED) is 0.0815. The molecule has 348 valence electrons. The number of aliphatic hydroxyl groups excluding tert-OH is 4. The summed E-state index contributed by atoms with van der Waals surface area (Å²) in [5.41, 5.74) is 0. The van der Waals surface area contributed by atoms with Gasteiger partial charge in [0, 0.05) is 11.8 Å². The molecule has 3 aliphatic rings. The lowest BCUT2D eigenvalue weighted by Crippen LogP contribution is -2.62. The molecule has 3 aliphatic heterocycles. The Morgan fingerprint density at radius 2 is 0.931 bits per heavy atom. The van der Waals surface area contributed by atoms with Gasteiger partial charge < -0.3 is 47.9 Å². The summed E-state index contributed by atoms with van der Waals surface area (Å²) in [7, 11) is -4.56. The minimum absolute atomic E-state index is 0.0666. The molecular formula is C41H88O10S4Si3. The summed E-state index contributed by atoms with van der Waals surface area (Å²) in [5, 5.41) is 38.7. The molecule has 4 N–H and O–H groups in total. The molecule has 0 aromatic rings. The Hall–Kier alpha value is 1.65. The van der Waals surface area contributed by atoms with Gasteiger partial charge in [-0.05, 0) is 106 Å². The van der Waals surface area contributed by atoms with Crippen LogP contribution in [0, 0.1) is 35.5 Å². The van der Waals surface area contributed by atoms with E-state index in [1.54, 1.807) is 0 Å². The Morgan fingerprint density at radius 1 is 0.517 bits per heavy atom. The third-order valence-corrected chi connectivity index (χ3v) is 20.0. The van der Waals surface area contributed by atoms with Gasteiger partial charge in [-0.15, -0.1) is 47.0 Å². The molecule has 3 saturated heterocycles. The van der Waals surface area contributed by atoms with Crippen LogP contribution in [0.1, 0.15) is 69.2 Å². The Kier molecular flexibility index (Phi) is 25.2. The molecular weight excluding hydrogens is 865 g/mol. The number of thioether (sulfide) groups is 4. The van der Waals surface area contributed by atoms with Crippen LogP contribution < -0.4 is 0 Å². The molecule has 10 nitrogen and oxygen atoms in total. The van der Waals surface area contributed by atoms with Crippen molar-refractivity contribution in [2.75, 3.05) is 42.8 Å². The second kappa shape index (κ2) is 25.4. The van der Waals surface area contributed by atoms with E-state index >= 15 is 0 Å². The standard InChI is InChI=1S/C16H34O2S2Si.C15H34O3Si2.C10H20O5S2/c1-9-19-16(20-10-2)14(5)12(3)13(4)15(18-16)11-17-21(6,7)8;1-11-12(2)14(10-16-19(4,5)6)17-15(13(11)3)18-20(7,8)9;1-3-16-10(17-4-2)9(14)8(13)7(12)6(5-11)15-10/h12-15H,9-11H2,1-8H3;11-15H,10H2,1-9H3;6-9,11-14H,3-5H2,1-2H3/t12-,13-,14?,15?;11-,12-,13?,14?,15?;6?,7-,8+,9?/m001/s1. The second-order valence-corrected chi connectivity index (χ2v) is 39.0. The van der Waals surface area contributed by atoms with Crippen molar-refractivity contribution in [3.63, 3.8) is 0 Å². The summed E-state index contributed by atoms with van der Waals surface area (Å²) < 4.78 is 35.9. The van der Waals surface area contributed by atoms with E-state index in [4.69, 9.17) is 32.6 Å². The fraction of sp³-hybridized carbons (Fsp3) is 1.00. The maximum atomic E-state index is 10.1. The van der Waals surface area contributed by atoms with Crippen LogP contribution in [0.5, 0.6) is 0 Å². The van der Waals surface area contributed by atoms with Crippen molar-refractivity contribution in [1.82, 2.24) is 0 Å². The van der Waals surface area contributed by atoms with Gasteiger partial charge in [0.25, 0.3) is 0 Å². The Labute approximate surface area is 375 Å². The van der Waals surface area contributed by atoms with Crippen LogP contribution in [0.25, 0.3) is 0 Å². The number of aliphatic hydroxyl groups is 4. The monoisotopic (exact) mass is 952 g/mol. The number of hydrogen-bond acceptors (Lipinski definition) is 14. The molecule has 7 unspecified atom stereocenters. The van der Waals surface area contributed by atoms with E-state index in [1.807, 2.05) is 37.4 Å². The van der Waals surface area contributed by atoms with Crippen LogP contribution >= 0.6 is 47.0 Å². The summed E-state index contributed by atoms with van der Waals surface area (Å²) in [4.78, 5) is 0. The van der Waals surface area contributed by atoms with Gasteiger partial charge in [0.05, 0.1) is 32.0 Å². The SMILES string of the molecule is CC1C(O[Si](C)(C)C)OC(CO[Si](C)(C)C)[C@@H](C)[C@@H]1C.CCSC1(SCC)OC(CO)[C@@H](O)[C@H](O)C1O.CCSC1(SCC)OC(CO[Si](C)(C)C)[C@@H](C)[C@H](C)C1C. The highest BCUT2D eigenvalue weighted by molar-refractivity contribution is 8.18. The molecule has 3 rings (SSSR count). The van der Waals surface area contributed by atoms with Gasteiger partial charge in [-0.2, -0.15) is 0 Å². The number of ether oxygens (including phenoxy) is 3. The van der Waals surface area contributed by atoms with Crippen LogP contribution in [0.4, 0.5) is 0 Å². The molecule has 0 amide bonds. The van der Waals surface area contributed by atoms with E-state index in [0.717, 1.165) is 18.1 Å². The summed E-state index contributed by atoms with van der Waals surface area (Å²) in [6.45, 7) is 43.4. The number of rotatable bonds is 17. The van der Waals surface area contributed by atoms with Crippen LogP contribution in [-0.2, 0) is 27.5 Å². The average Bonchev–Trinajstić information content (AvgIpc) is 3.12. The van der Waals surface area contributed by atoms with Crippen molar-refractivity contribution >= 4 is 72.0 Å². The molecule has 0 saturated carbocycles. The van der Waals surface area contributed by atoms with Gasteiger partial charge in [-0.3, -0.25) is 0 Å². The molecule has 0 radical (unpaired) electrons. The van der Waals surface area contributed by atoms with E-state index in [9.17, 15) is 15.3 Å². The lowest BCUT2D eigenvalue weighted by molar-refractivity contribution is -0.222. The van der Waals surface area contributed by atoms with Crippen LogP contribution in [0.2, 0.25) is 58.9 Å². The zero-order valence-corrected chi connectivity index (χ0v) is 46.1. The molecule has 3 heterocycles.